The van der Waals surface area contributed by atoms with Crippen molar-refractivity contribution in [1.82, 2.24) is 0 Å². The van der Waals surface area contributed by atoms with E-state index in [9.17, 15) is 14.9 Å². The van der Waals surface area contributed by atoms with Crippen molar-refractivity contribution >= 4 is 23.3 Å². The monoisotopic (exact) mass is 348 g/mol. The number of nitrogens with one attached hydrogen (secondary N) is 1. The SMILES string of the molecule is CC1(C)CC(=O)C2=C(C1)OC(=N)C([N+](=O)[O-])C2c1ccc(Cl)cc1. The van der Waals surface area contributed by atoms with E-state index in [4.69, 9.17) is 21.7 Å². The molecule has 2 unspecified atom stereocenters. The molecule has 1 aromatic carbocycles. The number of nitro groups is 1. The Morgan fingerprint density at radius 3 is 2.50 bits per heavy atom. The van der Waals surface area contributed by atoms with Gasteiger partial charge in [-0.2, -0.15) is 0 Å². The number of carbonyl (C=O) groups is 1. The van der Waals surface area contributed by atoms with E-state index in [1.807, 2.05) is 13.8 Å². The molecule has 0 saturated carbocycles. The summed E-state index contributed by atoms with van der Waals surface area (Å²) in [5.74, 6) is -1.01. The highest BCUT2D eigenvalue weighted by Crippen LogP contribution is 2.46. The molecule has 6 nitrogen and oxygen atoms in total. The number of halogens is 1. The van der Waals surface area contributed by atoms with Gasteiger partial charge in [-0.25, -0.2) is 0 Å². The lowest BCUT2D eigenvalue weighted by Crippen LogP contribution is -2.45. The standard InChI is InChI=1S/C17H17ClN2O4/c1-17(2)7-11(21)14-12(8-17)24-16(19)15(20(22)23)13(14)9-3-5-10(18)6-4-9/h3-6,13,15,19H,7-8H2,1-2H3. The van der Waals surface area contributed by atoms with Crippen molar-refractivity contribution in [3.05, 3.63) is 56.3 Å². The van der Waals surface area contributed by atoms with Gasteiger partial charge in [0.25, 0.3) is 11.9 Å². The second-order valence-corrected chi connectivity index (χ2v) is 7.44. The molecule has 0 saturated heterocycles. The Morgan fingerprint density at radius 2 is 1.92 bits per heavy atom. The van der Waals surface area contributed by atoms with E-state index in [0.717, 1.165) is 0 Å². The Hall–Kier alpha value is -2.21. The van der Waals surface area contributed by atoms with Crippen LogP contribution in [0, 0.1) is 20.9 Å². The number of benzene rings is 1. The molecular weight excluding hydrogens is 332 g/mol. The van der Waals surface area contributed by atoms with Crippen molar-refractivity contribution < 1.29 is 14.5 Å². The quantitative estimate of drug-likeness (QED) is 0.651. The lowest BCUT2D eigenvalue weighted by Gasteiger charge is -2.38. The van der Waals surface area contributed by atoms with Crippen molar-refractivity contribution in [2.45, 2.75) is 38.6 Å². The lowest BCUT2D eigenvalue weighted by atomic mass is 9.70. The van der Waals surface area contributed by atoms with Crippen molar-refractivity contribution in [3.8, 4) is 0 Å². The van der Waals surface area contributed by atoms with E-state index in [2.05, 4.69) is 0 Å². The largest absolute Gasteiger partial charge is 0.441 e. The zero-order valence-corrected chi connectivity index (χ0v) is 14.1. The molecule has 1 N–H and O–H groups in total. The molecule has 126 valence electrons. The first-order valence-electron chi connectivity index (χ1n) is 7.61. The number of rotatable bonds is 2. The molecule has 0 radical (unpaired) electrons. The summed E-state index contributed by atoms with van der Waals surface area (Å²) in [5, 5.41) is 20.0. The normalized spacial score (nSPS) is 26.0. The van der Waals surface area contributed by atoms with Crippen LogP contribution in [0.15, 0.2) is 35.6 Å². The van der Waals surface area contributed by atoms with Gasteiger partial charge in [-0.3, -0.25) is 20.3 Å². The molecule has 2 aliphatic rings. The van der Waals surface area contributed by atoms with Gasteiger partial charge in [0.05, 0.1) is 5.92 Å². The second kappa shape index (κ2) is 5.70. The highest BCUT2D eigenvalue weighted by atomic mass is 35.5. The van der Waals surface area contributed by atoms with E-state index in [1.165, 1.54) is 0 Å². The highest BCUT2D eigenvalue weighted by Gasteiger charge is 2.51. The van der Waals surface area contributed by atoms with Crippen LogP contribution in [-0.4, -0.2) is 22.6 Å². The number of nitrogens with zero attached hydrogens (tertiary/aromatic N) is 1. The van der Waals surface area contributed by atoms with Crippen LogP contribution in [0.5, 0.6) is 0 Å². The van der Waals surface area contributed by atoms with E-state index in [0.29, 0.717) is 34.8 Å². The first kappa shape index (κ1) is 16.6. The Bertz CT molecular complexity index is 767. The van der Waals surface area contributed by atoms with Gasteiger partial charge in [0.2, 0.25) is 0 Å². The number of allylic oxidation sites excluding steroid dienone is 1. The van der Waals surface area contributed by atoms with E-state index in [1.54, 1.807) is 24.3 Å². The summed E-state index contributed by atoms with van der Waals surface area (Å²) in [4.78, 5) is 23.7. The third kappa shape index (κ3) is 2.82. The predicted molar refractivity (Wildman–Crippen MR) is 88.8 cm³/mol. The summed E-state index contributed by atoms with van der Waals surface area (Å²) >= 11 is 5.90. The Morgan fingerprint density at radius 1 is 1.29 bits per heavy atom. The molecule has 1 aliphatic heterocycles. The fourth-order valence-corrected chi connectivity index (χ4v) is 3.58. The molecule has 1 heterocycles. The zero-order valence-electron chi connectivity index (χ0n) is 13.3. The molecule has 7 heteroatoms. The van der Waals surface area contributed by atoms with Gasteiger partial charge < -0.3 is 4.74 Å². The molecule has 0 spiro atoms. The van der Waals surface area contributed by atoms with Crippen LogP contribution >= 0.6 is 11.6 Å². The van der Waals surface area contributed by atoms with Gasteiger partial charge in [0.15, 0.2) is 5.78 Å². The first-order chi connectivity index (χ1) is 11.2. The Balaban J connectivity index is 2.18. The van der Waals surface area contributed by atoms with Crippen LogP contribution in [0.25, 0.3) is 0 Å². The van der Waals surface area contributed by atoms with Gasteiger partial charge in [0.1, 0.15) is 5.76 Å². The molecule has 2 atom stereocenters. The predicted octanol–water partition coefficient (Wildman–Crippen LogP) is 3.72. The van der Waals surface area contributed by atoms with Gasteiger partial charge in [-0.1, -0.05) is 37.6 Å². The summed E-state index contributed by atoms with van der Waals surface area (Å²) in [6.45, 7) is 3.89. The molecule has 0 fully saturated rings. The van der Waals surface area contributed by atoms with Crippen LogP contribution in [-0.2, 0) is 9.53 Å². The maximum Gasteiger partial charge on any atom is 0.297 e. The first-order valence-corrected chi connectivity index (χ1v) is 7.99. The number of hydrogen-bond donors (Lipinski definition) is 1. The number of ketones is 1. The van der Waals surface area contributed by atoms with Crippen molar-refractivity contribution in [3.63, 3.8) is 0 Å². The summed E-state index contributed by atoms with van der Waals surface area (Å²) in [6.07, 6.45) is 0.780. The average Bonchev–Trinajstić information content (AvgIpc) is 2.44. The van der Waals surface area contributed by atoms with Gasteiger partial charge in [-0.05, 0) is 23.1 Å². The van der Waals surface area contributed by atoms with Gasteiger partial charge >= 0.3 is 0 Å². The van der Waals surface area contributed by atoms with Crippen molar-refractivity contribution in [2.75, 3.05) is 0 Å². The molecule has 0 bridgehead atoms. The topological polar surface area (TPSA) is 93.3 Å². The minimum absolute atomic E-state index is 0.152. The molecule has 24 heavy (non-hydrogen) atoms. The Labute approximate surface area is 144 Å². The summed E-state index contributed by atoms with van der Waals surface area (Å²) < 4.78 is 5.42. The third-order valence-corrected chi connectivity index (χ3v) is 4.72. The number of carbonyl (C=O) groups excluding carboxylic acids is 1. The second-order valence-electron chi connectivity index (χ2n) is 7.00. The summed E-state index contributed by atoms with van der Waals surface area (Å²) in [7, 11) is 0. The van der Waals surface area contributed by atoms with Crippen LogP contribution < -0.4 is 0 Å². The van der Waals surface area contributed by atoms with E-state index >= 15 is 0 Å². The number of hydrogen-bond acceptors (Lipinski definition) is 5. The Kier molecular flexibility index (Phi) is 3.95. The zero-order chi connectivity index (χ0) is 17.6. The maximum atomic E-state index is 12.7. The third-order valence-electron chi connectivity index (χ3n) is 4.46. The highest BCUT2D eigenvalue weighted by molar-refractivity contribution is 6.30. The number of ether oxygens (including phenoxy) is 1. The van der Waals surface area contributed by atoms with Crippen LogP contribution in [0.3, 0.4) is 0 Å². The maximum absolute atomic E-state index is 12.7. The molecule has 0 amide bonds. The van der Waals surface area contributed by atoms with Crippen LogP contribution in [0.1, 0.15) is 38.2 Å². The van der Waals surface area contributed by atoms with Crippen LogP contribution in [0.2, 0.25) is 5.02 Å². The van der Waals surface area contributed by atoms with E-state index < -0.39 is 22.8 Å². The van der Waals surface area contributed by atoms with Crippen molar-refractivity contribution in [1.29, 1.82) is 5.41 Å². The molecular formula is C17H17ClN2O4. The molecule has 1 aromatic rings. The molecule has 1 aliphatic carbocycles. The summed E-state index contributed by atoms with van der Waals surface area (Å²) in [5.41, 5.74) is 0.631. The minimum Gasteiger partial charge on any atom is -0.441 e. The van der Waals surface area contributed by atoms with E-state index in [-0.39, 0.29) is 11.2 Å². The fraction of sp³-hybridized carbons (Fsp3) is 0.412. The van der Waals surface area contributed by atoms with Gasteiger partial charge in [-0.15, -0.1) is 0 Å². The summed E-state index contributed by atoms with van der Waals surface area (Å²) in [6, 6.07) is 5.18. The molecule has 3 rings (SSSR count). The van der Waals surface area contributed by atoms with Gasteiger partial charge in [0, 0.05) is 28.4 Å². The lowest BCUT2D eigenvalue weighted by molar-refractivity contribution is -0.508. The molecule has 0 aromatic heterocycles. The van der Waals surface area contributed by atoms with Crippen molar-refractivity contribution in [2.24, 2.45) is 5.41 Å². The fourth-order valence-electron chi connectivity index (χ4n) is 3.45. The minimum atomic E-state index is -1.41. The smallest absolute Gasteiger partial charge is 0.297 e. The number of Topliss-reactive ketones (excluding diaryl/α,β-unsaturated/α-hetero) is 1. The van der Waals surface area contributed by atoms with Crippen LogP contribution in [0.4, 0.5) is 0 Å². The average molecular weight is 349 g/mol.